The lowest BCUT2D eigenvalue weighted by molar-refractivity contribution is -0.297. The Hall–Kier alpha value is -0.250. The fraction of sp³-hybridized carbons (Fsp3) is 1.00. The summed E-state index contributed by atoms with van der Waals surface area (Å²) >= 11 is 0. The summed E-state index contributed by atoms with van der Waals surface area (Å²) in [5, 5.41) is 0. The van der Waals surface area contributed by atoms with Gasteiger partial charge in [-0.05, 0) is 27.7 Å². The standard InChI is InChI=1S/C9H21NO6S/c1-5-14-8(4,17(11,12)13)9(10,15-6-2)16-7-3/h5-7,10H2,1-4H3,(H,11,12,13). The molecule has 0 aromatic carbocycles. The minimum atomic E-state index is -4.63. The minimum absolute atomic E-state index is 0.0232. The zero-order valence-corrected chi connectivity index (χ0v) is 11.4. The molecule has 3 N–H and O–H groups in total. The molecular formula is C9H21NO6S. The quantitative estimate of drug-likeness (QED) is 0.483. The van der Waals surface area contributed by atoms with Crippen molar-refractivity contribution >= 4 is 10.1 Å². The summed E-state index contributed by atoms with van der Waals surface area (Å²) in [7, 11) is -4.63. The normalized spacial score (nSPS) is 16.8. The minimum Gasteiger partial charge on any atom is -0.352 e. The summed E-state index contributed by atoms with van der Waals surface area (Å²) in [6.07, 6.45) is 0. The van der Waals surface area contributed by atoms with E-state index in [1.165, 1.54) is 0 Å². The van der Waals surface area contributed by atoms with Gasteiger partial charge in [0.15, 0.2) is 0 Å². The van der Waals surface area contributed by atoms with Crippen molar-refractivity contribution in [2.45, 2.75) is 38.5 Å². The summed E-state index contributed by atoms with van der Waals surface area (Å²) in [5.41, 5.74) is 5.76. The first-order valence-electron chi connectivity index (χ1n) is 5.36. The molecule has 104 valence electrons. The van der Waals surface area contributed by atoms with Crippen molar-refractivity contribution in [3.05, 3.63) is 0 Å². The second-order valence-electron chi connectivity index (χ2n) is 3.39. The van der Waals surface area contributed by atoms with Gasteiger partial charge < -0.3 is 14.2 Å². The van der Waals surface area contributed by atoms with Gasteiger partial charge in [-0.25, -0.2) is 0 Å². The van der Waals surface area contributed by atoms with E-state index in [0.717, 1.165) is 6.92 Å². The Morgan fingerprint density at radius 3 is 1.65 bits per heavy atom. The van der Waals surface area contributed by atoms with Crippen LogP contribution in [0.2, 0.25) is 0 Å². The van der Waals surface area contributed by atoms with E-state index >= 15 is 0 Å². The van der Waals surface area contributed by atoms with Crippen LogP contribution in [0.5, 0.6) is 0 Å². The number of nitrogens with two attached hydrogens (primary N) is 1. The molecule has 0 aliphatic carbocycles. The second kappa shape index (κ2) is 6.07. The van der Waals surface area contributed by atoms with Gasteiger partial charge in [-0.2, -0.15) is 8.42 Å². The van der Waals surface area contributed by atoms with Crippen molar-refractivity contribution in [3.63, 3.8) is 0 Å². The van der Waals surface area contributed by atoms with Crippen LogP contribution < -0.4 is 5.73 Å². The topological polar surface area (TPSA) is 108 Å². The molecule has 0 fully saturated rings. The smallest absolute Gasteiger partial charge is 0.302 e. The van der Waals surface area contributed by atoms with E-state index in [2.05, 4.69) is 0 Å². The van der Waals surface area contributed by atoms with Crippen LogP contribution in [0.25, 0.3) is 0 Å². The highest BCUT2D eigenvalue weighted by molar-refractivity contribution is 7.87. The molecule has 0 heterocycles. The van der Waals surface area contributed by atoms with Crippen molar-refractivity contribution in [2.75, 3.05) is 19.8 Å². The Bertz CT molecular complexity index is 324. The molecule has 0 spiro atoms. The molecule has 0 bridgehead atoms. The molecule has 8 heteroatoms. The van der Waals surface area contributed by atoms with Gasteiger partial charge in [0.25, 0.3) is 10.8 Å². The Morgan fingerprint density at radius 1 is 1.06 bits per heavy atom. The van der Waals surface area contributed by atoms with Gasteiger partial charge in [0, 0.05) is 19.8 Å². The maximum absolute atomic E-state index is 11.4. The molecular weight excluding hydrogens is 250 g/mol. The van der Waals surface area contributed by atoms with Gasteiger partial charge in [-0.1, -0.05) is 0 Å². The molecule has 0 aromatic heterocycles. The van der Waals surface area contributed by atoms with Gasteiger partial charge in [-0.15, -0.1) is 0 Å². The van der Waals surface area contributed by atoms with E-state index < -0.39 is 21.0 Å². The molecule has 1 unspecified atom stereocenters. The maximum Gasteiger partial charge on any atom is 0.302 e. The number of hydrogen-bond donors (Lipinski definition) is 2. The van der Waals surface area contributed by atoms with E-state index in [1.54, 1.807) is 20.8 Å². The third-order valence-corrected chi connectivity index (χ3v) is 3.65. The third-order valence-electron chi connectivity index (χ3n) is 2.26. The van der Waals surface area contributed by atoms with Gasteiger partial charge in [0.1, 0.15) is 0 Å². The van der Waals surface area contributed by atoms with Crippen molar-refractivity contribution < 1.29 is 27.2 Å². The SMILES string of the molecule is CCOC(N)(OCC)C(C)(OCC)S(=O)(=O)O. The van der Waals surface area contributed by atoms with Gasteiger partial charge >= 0.3 is 10.1 Å². The Morgan fingerprint density at radius 2 is 1.41 bits per heavy atom. The van der Waals surface area contributed by atoms with E-state index in [9.17, 15) is 13.0 Å². The zero-order valence-electron chi connectivity index (χ0n) is 10.6. The average molecular weight is 271 g/mol. The molecule has 0 radical (unpaired) electrons. The van der Waals surface area contributed by atoms with Crippen molar-refractivity contribution in [1.82, 2.24) is 0 Å². The molecule has 0 amide bonds. The Balaban J connectivity index is 5.53. The zero-order chi connectivity index (χ0) is 13.7. The lowest BCUT2D eigenvalue weighted by atomic mass is 10.3. The van der Waals surface area contributed by atoms with E-state index in [1.807, 2.05) is 0 Å². The van der Waals surface area contributed by atoms with Crippen molar-refractivity contribution in [1.29, 1.82) is 0 Å². The number of ether oxygens (including phenoxy) is 3. The fourth-order valence-corrected chi connectivity index (χ4v) is 2.11. The van der Waals surface area contributed by atoms with E-state index in [-0.39, 0.29) is 19.8 Å². The Labute approximate surface area is 102 Å². The first kappa shape index (κ1) is 16.8. The summed E-state index contributed by atoms with van der Waals surface area (Å²) in [6, 6.07) is 0. The second-order valence-corrected chi connectivity index (χ2v) is 5.12. The average Bonchev–Trinajstić information content (AvgIpc) is 2.16. The fourth-order valence-electron chi connectivity index (χ4n) is 1.36. The van der Waals surface area contributed by atoms with Crippen LogP contribution in [0.15, 0.2) is 0 Å². The van der Waals surface area contributed by atoms with Crippen molar-refractivity contribution in [2.24, 2.45) is 5.73 Å². The van der Waals surface area contributed by atoms with Crippen LogP contribution in [0, 0.1) is 0 Å². The molecule has 0 rings (SSSR count). The summed E-state index contributed by atoms with van der Waals surface area (Å²) in [5.74, 6) is -2.07. The molecule has 0 saturated heterocycles. The molecule has 0 saturated carbocycles. The van der Waals surface area contributed by atoms with Gasteiger partial charge in [0.05, 0.1) is 0 Å². The number of rotatable bonds is 8. The molecule has 0 aromatic rings. The monoisotopic (exact) mass is 271 g/mol. The maximum atomic E-state index is 11.4. The van der Waals surface area contributed by atoms with E-state index in [4.69, 9.17) is 19.9 Å². The molecule has 0 aliphatic heterocycles. The molecule has 0 aliphatic rings. The largest absolute Gasteiger partial charge is 0.352 e. The summed E-state index contributed by atoms with van der Waals surface area (Å²) in [4.78, 5) is -2.19. The Kier molecular flexibility index (Phi) is 5.99. The first-order chi connectivity index (χ1) is 7.68. The highest BCUT2D eigenvalue weighted by Gasteiger charge is 2.58. The van der Waals surface area contributed by atoms with Crippen LogP contribution in [-0.4, -0.2) is 43.6 Å². The predicted octanol–water partition coefficient (Wildman–Crippen LogP) is 0.312. The number of hydrogen-bond acceptors (Lipinski definition) is 6. The van der Waals surface area contributed by atoms with Gasteiger partial charge in [-0.3, -0.25) is 10.3 Å². The van der Waals surface area contributed by atoms with Gasteiger partial charge in [0.2, 0.25) is 0 Å². The van der Waals surface area contributed by atoms with Crippen LogP contribution in [0.3, 0.4) is 0 Å². The summed E-state index contributed by atoms with van der Waals surface area (Å²) in [6.45, 7) is 6.16. The van der Waals surface area contributed by atoms with E-state index in [0.29, 0.717) is 0 Å². The highest BCUT2D eigenvalue weighted by atomic mass is 32.2. The van der Waals surface area contributed by atoms with Crippen molar-refractivity contribution in [3.8, 4) is 0 Å². The third kappa shape index (κ3) is 3.36. The molecule has 17 heavy (non-hydrogen) atoms. The first-order valence-corrected chi connectivity index (χ1v) is 6.80. The molecule has 7 nitrogen and oxygen atoms in total. The van der Waals surface area contributed by atoms with Crippen LogP contribution in [0.4, 0.5) is 0 Å². The molecule has 1 atom stereocenters. The lowest BCUT2D eigenvalue weighted by Gasteiger charge is -2.41. The highest BCUT2D eigenvalue weighted by Crippen LogP contribution is 2.31. The van der Waals surface area contributed by atoms with Crippen LogP contribution in [-0.2, 0) is 24.3 Å². The lowest BCUT2D eigenvalue weighted by Crippen LogP contribution is -2.67. The van der Waals surface area contributed by atoms with Crippen LogP contribution in [0.1, 0.15) is 27.7 Å². The summed E-state index contributed by atoms with van der Waals surface area (Å²) < 4.78 is 47.4. The predicted molar refractivity (Wildman–Crippen MR) is 61.8 cm³/mol. The van der Waals surface area contributed by atoms with Crippen LogP contribution >= 0.6 is 0 Å².